The van der Waals surface area contributed by atoms with Crippen molar-refractivity contribution in [3.8, 4) is 0 Å². The Labute approximate surface area is 129 Å². The molecule has 1 aromatic rings. The van der Waals surface area contributed by atoms with Crippen LogP contribution in [0.15, 0.2) is 10.6 Å². The molecule has 2 heterocycles. The van der Waals surface area contributed by atoms with Crippen molar-refractivity contribution in [1.82, 2.24) is 20.7 Å². The van der Waals surface area contributed by atoms with Crippen molar-refractivity contribution in [1.29, 1.82) is 0 Å². The summed E-state index contributed by atoms with van der Waals surface area (Å²) in [7, 11) is 3.24. The van der Waals surface area contributed by atoms with Gasteiger partial charge in [0.2, 0.25) is 5.91 Å². The molecule has 0 aromatic carbocycles. The second-order valence-corrected chi connectivity index (χ2v) is 5.66. The molecule has 2 rings (SSSR count). The molecule has 1 saturated heterocycles. The van der Waals surface area contributed by atoms with E-state index in [2.05, 4.69) is 15.8 Å². The Kier molecular flexibility index (Phi) is 5.37. The summed E-state index contributed by atoms with van der Waals surface area (Å²) in [6.07, 6.45) is 0.663. The second-order valence-electron chi connectivity index (χ2n) is 5.66. The summed E-state index contributed by atoms with van der Waals surface area (Å²) in [5.74, 6) is 0.693. The van der Waals surface area contributed by atoms with E-state index in [1.54, 1.807) is 14.1 Å². The lowest BCUT2D eigenvalue weighted by molar-refractivity contribution is -0.121. The number of aryl methyl sites for hydroxylation is 1. The molecule has 1 aliphatic heterocycles. The van der Waals surface area contributed by atoms with Crippen LogP contribution in [0, 0.1) is 12.8 Å². The molecule has 8 heteroatoms. The summed E-state index contributed by atoms with van der Waals surface area (Å²) in [5.41, 5.74) is 0.834. The van der Waals surface area contributed by atoms with Crippen LogP contribution in [-0.4, -0.2) is 61.9 Å². The van der Waals surface area contributed by atoms with E-state index in [-0.39, 0.29) is 30.4 Å². The monoisotopic (exact) mass is 310 g/mol. The predicted octanol–water partition coefficient (Wildman–Crippen LogP) is -0.0721. The van der Waals surface area contributed by atoms with Crippen LogP contribution in [0.3, 0.4) is 0 Å². The van der Waals surface area contributed by atoms with E-state index in [4.69, 9.17) is 9.26 Å². The van der Waals surface area contributed by atoms with Gasteiger partial charge in [0.05, 0.1) is 31.5 Å². The van der Waals surface area contributed by atoms with Gasteiger partial charge in [-0.25, -0.2) is 4.79 Å². The van der Waals surface area contributed by atoms with Gasteiger partial charge in [0.15, 0.2) is 0 Å². The zero-order valence-corrected chi connectivity index (χ0v) is 13.1. The van der Waals surface area contributed by atoms with Gasteiger partial charge >= 0.3 is 6.03 Å². The Morgan fingerprint density at radius 2 is 2.18 bits per heavy atom. The molecule has 0 saturated carbocycles. The number of rotatable bonds is 5. The fourth-order valence-electron chi connectivity index (χ4n) is 2.30. The highest BCUT2D eigenvalue weighted by Crippen LogP contribution is 2.19. The van der Waals surface area contributed by atoms with Gasteiger partial charge in [0.25, 0.3) is 0 Å². The number of amides is 3. The molecule has 0 radical (unpaired) electrons. The van der Waals surface area contributed by atoms with Crippen molar-refractivity contribution < 1.29 is 18.8 Å². The van der Waals surface area contributed by atoms with Crippen LogP contribution in [0.4, 0.5) is 4.79 Å². The Morgan fingerprint density at radius 1 is 1.41 bits per heavy atom. The number of ether oxygens (including phenoxy) is 1. The molecule has 3 amide bonds. The van der Waals surface area contributed by atoms with Crippen molar-refractivity contribution in [2.75, 3.05) is 33.9 Å². The van der Waals surface area contributed by atoms with Gasteiger partial charge in [-0.3, -0.25) is 4.79 Å². The van der Waals surface area contributed by atoms with Gasteiger partial charge in [-0.15, -0.1) is 0 Å². The maximum atomic E-state index is 11.9. The smallest absolute Gasteiger partial charge is 0.317 e. The van der Waals surface area contributed by atoms with Gasteiger partial charge in [-0.2, -0.15) is 0 Å². The molecule has 0 spiro atoms. The fraction of sp³-hybridized carbons (Fsp3) is 0.643. The minimum atomic E-state index is -0.300. The molecule has 0 bridgehead atoms. The Hall–Kier alpha value is -2.09. The van der Waals surface area contributed by atoms with Crippen LogP contribution in [0.1, 0.15) is 11.5 Å². The first-order valence-electron chi connectivity index (χ1n) is 7.20. The van der Waals surface area contributed by atoms with Crippen LogP contribution in [-0.2, 0) is 16.0 Å². The maximum absolute atomic E-state index is 11.9. The molecule has 22 heavy (non-hydrogen) atoms. The summed E-state index contributed by atoms with van der Waals surface area (Å²) < 4.78 is 10.6. The number of nitrogens with one attached hydrogen (secondary N) is 2. The van der Waals surface area contributed by atoms with Gasteiger partial charge in [0.1, 0.15) is 5.76 Å². The van der Waals surface area contributed by atoms with Gasteiger partial charge in [-0.05, 0) is 6.92 Å². The summed E-state index contributed by atoms with van der Waals surface area (Å²) in [6.45, 7) is 2.84. The third kappa shape index (κ3) is 4.45. The Morgan fingerprint density at radius 3 is 2.82 bits per heavy atom. The van der Waals surface area contributed by atoms with Gasteiger partial charge < -0.3 is 24.8 Å². The van der Waals surface area contributed by atoms with Crippen LogP contribution < -0.4 is 10.6 Å². The number of carbonyl (C=O) groups excluding carboxylic acids is 2. The van der Waals surface area contributed by atoms with Gasteiger partial charge in [-0.1, -0.05) is 5.16 Å². The minimum absolute atomic E-state index is 0.0539. The maximum Gasteiger partial charge on any atom is 0.317 e. The van der Waals surface area contributed by atoms with E-state index < -0.39 is 0 Å². The first-order chi connectivity index (χ1) is 10.5. The minimum Gasteiger partial charge on any atom is -0.379 e. The second kappa shape index (κ2) is 7.26. The zero-order valence-electron chi connectivity index (χ0n) is 13.1. The van der Waals surface area contributed by atoms with Crippen LogP contribution >= 0.6 is 0 Å². The highest BCUT2D eigenvalue weighted by Gasteiger charge is 2.30. The topological polar surface area (TPSA) is 96.7 Å². The molecule has 2 atom stereocenters. The normalized spacial score (nSPS) is 20.7. The first-order valence-corrected chi connectivity index (χ1v) is 7.20. The number of hydrogen-bond acceptors (Lipinski definition) is 5. The average molecular weight is 310 g/mol. The predicted molar refractivity (Wildman–Crippen MR) is 78.3 cm³/mol. The summed E-state index contributed by atoms with van der Waals surface area (Å²) in [6, 6.07) is 1.50. The van der Waals surface area contributed by atoms with E-state index in [0.717, 1.165) is 11.5 Å². The summed E-state index contributed by atoms with van der Waals surface area (Å²) >= 11 is 0. The lowest BCUT2D eigenvalue weighted by atomic mass is 9.98. The Balaban J connectivity index is 1.80. The molecule has 0 unspecified atom stereocenters. The third-order valence-electron chi connectivity index (χ3n) is 3.49. The molecular formula is C14H22N4O4. The molecule has 1 aliphatic rings. The molecule has 1 fully saturated rings. The van der Waals surface area contributed by atoms with Crippen LogP contribution in [0.5, 0.6) is 0 Å². The highest BCUT2D eigenvalue weighted by atomic mass is 16.5. The van der Waals surface area contributed by atoms with Crippen LogP contribution in [0.2, 0.25) is 0 Å². The van der Waals surface area contributed by atoms with Crippen molar-refractivity contribution in [2.24, 2.45) is 5.92 Å². The zero-order chi connectivity index (χ0) is 16.1. The molecule has 0 aliphatic carbocycles. The lowest BCUT2D eigenvalue weighted by Gasteiger charge is -2.18. The molecule has 2 N–H and O–H groups in total. The lowest BCUT2D eigenvalue weighted by Crippen LogP contribution is -2.46. The highest BCUT2D eigenvalue weighted by molar-refractivity contribution is 5.83. The molecular weight excluding hydrogens is 288 g/mol. The molecule has 8 nitrogen and oxygen atoms in total. The first kappa shape index (κ1) is 16.3. The number of nitrogens with zero attached hydrogens (tertiary/aromatic N) is 2. The quantitative estimate of drug-likeness (QED) is 0.793. The van der Waals surface area contributed by atoms with Crippen LogP contribution in [0.25, 0.3) is 0 Å². The fourth-order valence-corrected chi connectivity index (χ4v) is 2.30. The van der Waals surface area contributed by atoms with Crippen molar-refractivity contribution in [3.05, 3.63) is 17.5 Å². The van der Waals surface area contributed by atoms with Crippen molar-refractivity contribution in [2.45, 2.75) is 19.4 Å². The molecule has 1 aromatic heterocycles. The summed E-state index contributed by atoms with van der Waals surface area (Å²) in [4.78, 5) is 24.7. The van der Waals surface area contributed by atoms with E-state index in [9.17, 15) is 9.59 Å². The third-order valence-corrected chi connectivity index (χ3v) is 3.49. The number of hydrogen-bond donors (Lipinski definition) is 2. The largest absolute Gasteiger partial charge is 0.379 e. The van der Waals surface area contributed by atoms with E-state index in [1.807, 2.05) is 13.0 Å². The SMILES string of the molecule is Cc1cc(C[C@@H]2COC[C@@H]2NC(=O)CNC(=O)N(C)C)on1. The standard InChI is InChI=1S/C14H22N4O4/c1-9-4-11(22-17-9)5-10-7-21-8-12(10)16-13(19)6-15-14(20)18(2)3/h4,10,12H,5-8H2,1-3H3,(H,15,20)(H,16,19)/t10-,12+/m1/s1. The number of aromatic nitrogens is 1. The number of carbonyl (C=O) groups is 2. The average Bonchev–Trinajstić information content (AvgIpc) is 3.06. The number of urea groups is 1. The Bertz CT molecular complexity index is 529. The van der Waals surface area contributed by atoms with Crippen molar-refractivity contribution in [3.63, 3.8) is 0 Å². The van der Waals surface area contributed by atoms with Crippen molar-refractivity contribution >= 4 is 11.9 Å². The van der Waals surface area contributed by atoms with Gasteiger partial charge in [0, 0.05) is 32.5 Å². The van der Waals surface area contributed by atoms with E-state index in [1.165, 1.54) is 4.90 Å². The molecule has 122 valence electrons. The van der Waals surface area contributed by atoms with E-state index in [0.29, 0.717) is 19.6 Å². The summed E-state index contributed by atoms with van der Waals surface area (Å²) in [5, 5.41) is 9.28. The van der Waals surface area contributed by atoms with E-state index >= 15 is 0 Å².